The zero-order valence-electron chi connectivity index (χ0n) is 15.5. The van der Waals surface area contributed by atoms with Gasteiger partial charge in [0.25, 0.3) is 5.69 Å². The average molecular weight is 391 g/mol. The molecule has 2 aromatic carbocycles. The number of nitriles is 1. The lowest BCUT2D eigenvalue weighted by Crippen LogP contribution is -2.07. The summed E-state index contributed by atoms with van der Waals surface area (Å²) in [6.07, 6.45) is 4.25. The molecule has 0 unspecified atom stereocenters. The van der Waals surface area contributed by atoms with Crippen LogP contribution in [0.3, 0.4) is 0 Å². The zero-order valence-corrected chi connectivity index (χ0v) is 15.5. The number of non-ortho nitro benzene ring substituents is 1. The maximum atomic E-state index is 12.0. The first kappa shape index (κ1) is 21.1. The van der Waals surface area contributed by atoms with Crippen LogP contribution in [0.25, 0.3) is 12.2 Å². The van der Waals surface area contributed by atoms with Crippen molar-refractivity contribution in [2.45, 2.75) is 6.92 Å². The van der Waals surface area contributed by atoms with Crippen LogP contribution in [-0.4, -0.2) is 23.4 Å². The number of anilines is 1. The minimum Gasteiger partial charge on any atom is -0.462 e. The monoisotopic (exact) mass is 391 g/mol. The van der Waals surface area contributed by atoms with Gasteiger partial charge in [0.05, 0.1) is 11.5 Å². The van der Waals surface area contributed by atoms with Gasteiger partial charge < -0.3 is 10.1 Å². The number of benzene rings is 2. The van der Waals surface area contributed by atoms with Crippen molar-refractivity contribution in [3.05, 3.63) is 81.4 Å². The van der Waals surface area contributed by atoms with Crippen molar-refractivity contribution < 1.29 is 19.2 Å². The third kappa shape index (κ3) is 6.45. The van der Waals surface area contributed by atoms with E-state index in [9.17, 15) is 19.7 Å². The fourth-order valence-electron chi connectivity index (χ4n) is 2.24. The van der Waals surface area contributed by atoms with E-state index in [-0.39, 0.29) is 23.8 Å². The largest absolute Gasteiger partial charge is 0.462 e. The Balaban J connectivity index is 2.00. The topological polar surface area (TPSA) is 122 Å². The summed E-state index contributed by atoms with van der Waals surface area (Å²) < 4.78 is 4.80. The van der Waals surface area contributed by atoms with E-state index in [0.717, 1.165) is 0 Å². The summed E-state index contributed by atoms with van der Waals surface area (Å²) >= 11 is 0. The van der Waals surface area contributed by atoms with Crippen molar-refractivity contribution in [2.75, 3.05) is 11.9 Å². The summed E-state index contributed by atoms with van der Waals surface area (Å²) in [7, 11) is 0. The van der Waals surface area contributed by atoms with Gasteiger partial charge >= 0.3 is 5.97 Å². The number of esters is 1. The van der Waals surface area contributed by atoms with Gasteiger partial charge in [-0.1, -0.05) is 12.1 Å². The van der Waals surface area contributed by atoms with E-state index in [1.165, 1.54) is 30.4 Å². The number of hydrogen-bond donors (Lipinski definition) is 1. The summed E-state index contributed by atoms with van der Waals surface area (Å²) in [5, 5.41) is 22.3. The molecule has 0 aliphatic carbocycles. The number of carbonyl (C=O) groups excluding carboxylic acids is 2. The average Bonchev–Trinajstić information content (AvgIpc) is 2.72. The van der Waals surface area contributed by atoms with Crippen LogP contribution in [-0.2, 0) is 14.3 Å². The number of hydrogen-bond acceptors (Lipinski definition) is 6. The summed E-state index contributed by atoms with van der Waals surface area (Å²) in [4.78, 5) is 33.8. The molecule has 0 fully saturated rings. The number of nitrogens with zero attached hydrogens (tertiary/aromatic N) is 2. The van der Waals surface area contributed by atoms with E-state index >= 15 is 0 Å². The summed E-state index contributed by atoms with van der Waals surface area (Å²) in [5.41, 5.74) is 1.64. The first-order valence-corrected chi connectivity index (χ1v) is 8.55. The second kappa shape index (κ2) is 10.2. The molecular weight excluding hydrogens is 374 g/mol. The number of carbonyl (C=O) groups is 2. The maximum Gasteiger partial charge on any atom is 0.348 e. The summed E-state index contributed by atoms with van der Waals surface area (Å²) in [5.74, 6) is -1.07. The highest BCUT2D eigenvalue weighted by Gasteiger charge is 2.09. The third-order valence-electron chi connectivity index (χ3n) is 3.64. The van der Waals surface area contributed by atoms with Crippen LogP contribution >= 0.6 is 0 Å². The first-order valence-electron chi connectivity index (χ1n) is 8.55. The maximum absolute atomic E-state index is 12.0. The Morgan fingerprint density at radius 1 is 1.14 bits per heavy atom. The van der Waals surface area contributed by atoms with Gasteiger partial charge in [-0.2, -0.15) is 5.26 Å². The number of nitro benzene ring substituents is 1. The van der Waals surface area contributed by atoms with Crippen LogP contribution < -0.4 is 5.32 Å². The van der Waals surface area contributed by atoms with Crippen molar-refractivity contribution in [1.29, 1.82) is 5.26 Å². The van der Waals surface area contributed by atoms with Gasteiger partial charge in [0.2, 0.25) is 5.91 Å². The van der Waals surface area contributed by atoms with E-state index in [1.54, 1.807) is 49.4 Å². The van der Waals surface area contributed by atoms with Gasteiger partial charge in [-0.3, -0.25) is 14.9 Å². The Hall–Kier alpha value is -4.25. The van der Waals surface area contributed by atoms with Crippen molar-refractivity contribution >= 4 is 35.4 Å². The van der Waals surface area contributed by atoms with E-state index in [2.05, 4.69) is 5.32 Å². The molecule has 2 aromatic rings. The van der Waals surface area contributed by atoms with E-state index in [4.69, 9.17) is 10.00 Å². The summed E-state index contributed by atoms with van der Waals surface area (Å²) in [6.45, 7) is 1.83. The second-order valence-corrected chi connectivity index (χ2v) is 5.68. The van der Waals surface area contributed by atoms with Gasteiger partial charge in [-0.05, 0) is 54.5 Å². The Kier molecular flexibility index (Phi) is 7.39. The Morgan fingerprint density at radius 2 is 1.76 bits per heavy atom. The van der Waals surface area contributed by atoms with Gasteiger partial charge in [0, 0.05) is 23.9 Å². The van der Waals surface area contributed by atoms with Crippen molar-refractivity contribution in [3.63, 3.8) is 0 Å². The van der Waals surface area contributed by atoms with E-state index in [0.29, 0.717) is 16.8 Å². The molecule has 29 heavy (non-hydrogen) atoms. The minimum absolute atomic E-state index is 0.0248. The highest BCUT2D eigenvalue weighted by molar-refractivity contribution is 6.02. The van der Waals surface area contributed by atoms with Crippen LogP contribution in [0.4, 0.5) is 11.4 Å². The number of nitrogens with one attached hydrogen (secondary N) is 1. The van der Waals surface area contributed by atoms with Crippen LogP contribution in [0.1, 0.15) is 18.1 Å². The van der Waals surface area contributed by atoms with Crippen LogP contribution in [0.5, 0.6) is 0 Å². The predicted molar refractivity (Wildman–Crippen MR) is 107 cm³/mol. The second-order valence-electron chi connectivity index (χ2n) is 5.68. The molecule has 8 nitrogen and oxygen atoms in total. The Morgan fingerprint density at radius 3 is 2.31 bits per heavy atom. The van der Waals surface area contributed by atoms with Crippen molar-refractivity contribution in [1.82, 2.24) is 0 Å². The molecule has 146 valence electrons. The van der Waals surface area contributed by atoms with Crippen LogP contribution in [0.2, 0.25) is 0 Å². The Labute approximate surface area is 166 Å². The standard InChI is InChI=1S/C21H17N3O5/c1-2-29-21(26)17(14-22)13-16-3-8-18(9-4-16)23-20(25)12-7-15-5-10-19(11-6-15)24(27)28/h3-13H,2H2,1H3,(H,23,25)/b12-7+,17-13-. The predicted octanol–water partition coefficient (Wildman–Crippen LogP) is 3.72. The van der Waals surface area contributed by atoms with E-state index < -0.39 is 10.9 Å². The molecule has 0 aromatic heterocycles. The molecule has 8 heteroatoms. The SMILES string of the molecule is CCOC(=O)/C(C#N)=C\c1ccc(NC(=O)/C=C/c2ccc([N+](=O)[O-])cc2)cc1. The molecule has 0 atom stereocenters. The lowest BCUT2D eigenvalue weighted by Gasteiger charge is -2.03. The van der Waals surface area contributed by atoms with Gasteiger partial charge in [-0.25, -0.2) is 4.79 Å². The highest BCUT2D eigenvalue weighted by Crippen LogP contribution is 2.15. The van der Waals surface area contributed by atoms with Gasteiger partial charge in [0.1, 0.15) is 11.6 Å². The minimum atomic E-state index is -0.691. The number of amides is 1. The third-order valence-corrected chi connectivity index (χ3v) is 3.64. The molecule has 1 amide bonds. The van der Waals surface area contributed by atoms with Crippen LogP contribution in [0.15, 0.2) is 60.2 Å². The molecule has 0 saturated heterocycles. The van der Waals surface area contributed by atoms with Crippen molar-refractivity contribution in [2.24, 2.45) is 0 Å². The fourth-order valence-corrected chi connectivity index (χ4v) is 2.24. The number of rotatable bonds is 7. The van der Waals surface area contributed by atoms with Gasteiger partial charge in [-0.15, -0.1) is 0 Å². The van der Waals surface area contributed by atoms with Gasteiger partial charge in [0.15, 0.2) is 0 Å². The first-order chi connectivity index (χ1) is 13.9. The molecule has 0 bridgehead atoms. The van der Waals surface area contributed by atoms with Crippen LogP contribution in [0, 0.1) is 21.4 Å². The normalized spacial score (nSPS) is 11.0. The van der Waals surface area contributed by atoms with E-state index in [1.807, 2.05) is 0 Å². The quantitative estimate of drug-likeness (QED) is 0.252. The fraction of sp³-hybridized carbons (Fsp3) is 0.0952. The molecular formula is C21H17N3O5. The molecule has 0 aliphatic heterocycles. The molecule has 2 rings (SSSR count). The lowest BCUT2D eigenvalue weighted by molar-refractivity contribution is -0.384. The molecule has 1 N–H and O–H groups in total. The zero-order chi connectivity index (χ0) is 21.2. The lowest BCUT2D eigenvalue weighted by atomic mass is 10.1. The van der Waals surface area contributed by atoms with Crippen molar-refractivity contribution in [3.8, 4) is 6.07 Å². The highest BCUT2D eigenvalue weighted by atomic mass is 16.6. The molecule has 0 spiro atoms. The Bertz CT molecular complexity index is 1000. The smallest absolute Gasteiger partial charge is 0.348 e. The molecule has 0 radical (unpaired) electrons. The number of ether oxygens (including phenoxy) is 1. The molecule has 0 aliphatic rings. The molecule has 0 saturated carbocycles. The number of nitro groups is 1. The molecule has 0 heterocycles. The summed E-state index contributed by atoms with van der Waals surface area (Å²) in [6, 6.07) is 14.1.